The average molecular weight is 544 g/mol. The van der Waals surface area contributed by atoms with Crippen molar-refractivity contribution in [2.75, 3.05) is 6.54 Å². The Kier molecular flexibility index (Phi) is 8.24. The first-order chi connectivity index (χ1) is 16.1. The minimum absolute atomic E-state index is 0.000183. The lowest BCUT2D eigenvalue weighted by atomic mass is 10.1. The molecule has 2 N–H and O–H groups in total. The summed E-state index contributed by atoms with van der Waals surface area (Å²) < 4.78 is 29.2. The lowest BCUT2D eigenvalue weighted by Crippen LogP contribution is -2.39. The van der Waals surface area contributed by atoms with Gasteiger partial charge in [0.2, 0.25) is 10.0 Å². The van der Waals surface area contributed by atoms with Gasteiger partial charge in [0.05, 0.1) is 17.7 Å². The Balaban J connectivity index is 1.87. The van der Waals surface area contributed by atoms with Gasteiger partial charge in [0, 0.05) is 16.6 Å². The SMILES string of the molecule is Cc1cc(C)c(S(=O)(=O)N(CC(=O)N/N=C\c2cc(Br)ccc2O)Cc2ccccc2)c(C)c1. The first kappa shape index (κ1) is 25.6. The maximum atomic E-state index is 13.7. The zero-order chi connectivity index (χ0) is 24.9. The summed E-state index contributed by atoms with van der Waals surface area (Å²) in [6.45, 7) is 5.02. The van der Waals surface area contributed by atoms with E-state index in [-0.39, 0.29) is 17.2 Å². The molecular formula is C25H26BrN3O4S. The number of carbonyl (C=O) groups is 1. The number of hydrogen-bond donors (Lipinski definition) is 2. The van der Waals surface area contributed by atoms with Crippen LogP contribution in [0.5, 0.6) is 5.75 Å². The van der Waals surface area contributed by atoms with Gasteiger partial charge >= 0.3 is 0 Å². The maximum absolute atomic E-state index is 13.7. The molecule has 0 saturated heterocycles. The molecule has 0 aliphatic rings. The second-order valence-electron chi connectivity index (χ2n) is 7.98. The molecule has 0 aromatic heterocycles. The van der Waals surface area contributed by atoms with Gasteiger partial charge in [0.25, 0.3) is 5.91 Å². The number of halogens is 1. The Labute approximate surface area is 208 Å². The van der Waals surface area contributed by atoms with Gasteiger partial charge < -0.3 is 5.11 Å². The number of phenolic OH excluding ortho intramolecular Hbond substituents is 1. The Morgan fingerprint density at radius 1 is 1.06 bits per heavy atom. The number of sulfonamides is 1. The van der Waals surface area contributed by atoms with Gasteiger partial charge in [-0.25, -0.2) is 13.8 Å². The minimum Gasteiger partial charge on any atom is -0.507 e. The van der Waals surface area contributed by atoms with Crippen molar-refractivity contribution in [1.82, 2.24) is 9.73 Å². The fourth-order valence-corrected chi connectivity index (χ4v) is 5.89. The smallest absolute Gasteiger partial charge is 0.255 e. The van der Waals surface area contributed by atoms with Crippen LogP contribution in [0, 0.1) is 20.8 Å². The lowest BCUT2D eigenvalue weighted by molar-refractivity contribution is -0.121. The third-order valence-electron chi connectivity index (χ3n) is 5.11. The van der Waals surface area contributed by atoms with Crippen LogP contribution >= 0.6 is 15.9 Å². The third-order valence-corrected chi connectivity index (χ3v) is 7.70. The molecule has 9 heteroatoms. The number of rotatable bonds is 8. The van der Waals surface area contributed by atoms with Crippen molar-refractivity contribution in [2.45, 2.75) is 32.2 Å². The van der Waals surface area contributed by atoms with Crippen LogP contribution in [-0.2, 0) is 21.4 Å². The van der Waals surface area contributed by atoms with E-state index in [1.807, 2.05) is 49.4 Å². The molecule has 34 heavy (non-hydrogen) atoms. The van der Waals surface area contributed by atoms with E-state index in [1.54, 1.807) is 26.0 Å². The highest BCUT2D eigenvalue weighted by molar-refractivity contribution is 9.10. The third kappa shape index (κ3) is 6.31. The number of amides is 1. The molecule has 0 aliphatic carbocycles. The van der Waals surface area contributed by atoms with Gasteiger partial charge in [0.1, 0.15) is 5.75 Å². The number of benzene rings is 3. The monoisotopic (exact) mass is 543 g/mol. The molecule has 0 heterocycles. The fourth-order valence-electron chi connectivity index (χ4n) is 3.71. The molecule has 0 spiro atoms. The summed E-state index contributed by atoms with van der Waals surface area (Å²) in [5, 5.41) is 13.8. The number of hydrogen-bond acceptors (Lipinski definition) is 5. The maximum Gasteiger partial charge on any atom is 0.255 e. The lowest BCUT2D eigenvalue weighted by Gasteiger charge is -2.24. The van der Waals surface area contributed by atoms with E-state index >= 15 is 0 Å². The summed E-state index contributed by atoms with van der Waals surface area (Å²) >= 11 is 3.31. The van der Waals surface area contributed by atoms with Crippen molar-refractivity contribution in [1.29, 1.82) is 0 Å². The number of hydrazone groups is 1. The van der Waals surface area contributed by atoms with Crippen LogP contribution in [0.25, 0.3) is 0 Å². The van der Waals surface area contributed by atoms with Gasteiger partial charge in [-0.2, -0.15) is 9.41 Å². The summed E-state index contributed by atoms with van der Waals surface area (Å²) in [7, 11) is -3.99. The average Bonchev–Trinajstić information content (AvgIpc) is 2.75. The summed E-state index contributed by atoms with van der Waals surface area (Å²) in [5.41, 5.74) is 5.72. The molecule has 0 fully saturated rings. The van der Waals surface area contributed by atoms with Gasteiger partial charge in [0.15, 0.2) is 0 Å². The second-order valence-corrected chi connectivity index (χ2v) is 10.8. The number of nitrogens with one attached hydrogen (secondary N) is 1. The number of aryl methyl sites for hydroxylation is 3. The van der Waals surface area contributed by atoms with Gasteiger partial charge in [-0.05, 0) is 55.7 Å². The Hall–Kier alpha value is -3.01. The number of carbonyl (C=O) groups excluding carboxylic acids is 1. The highest BCUT2D eigenvalue weighted by Gasteiger charge is 2.30. The topological polar surface area (TPSA) is 99.1 Å². The molecule has 3 aromatic rings. The molecule has 0 aliphatic heterocycles. The second kappa shape index (κ2) is 10.9. The van der Waals surface area contributed by atoms with Crippen LogP contribution in [0.1, 0.15) is 27.8 Å². The largest absolute Gasteiger partial charge is 0.507 e. The quantitative estimate of drug-likeness (QED) is 0.324. The van der Waals surface area contributed by atoms with E-state index in [0.717, 1.165) is 19.9 Å². The normalized spacial score (nSPS) is 11.8. The zero-order valence-corrected chi connectivity index (χ0v) is 21.5. The van der Waals surface area contributed by atoms with Crippen LogP contribution < -0.4 is 5.43 Å². The Morgan fingerprint density at radius 3 is 2.35 bits per heavy atom. The summed E-state index contributed by atoms with van der Waals surface area (Å²) in [4.78, 5) is 12.9. The van der Waals surface area contributed by atoms with Crippen molar-refractivity contribution in [3.8, 4) is 5.75 Å². The van der Waals surface area contributed by atoms with Crippen LogP contribution in [0.15, 0.2) is 75.1 Å². The van der Waals surface area contributed by atoms with E-state index in [0.29, 0.717) is 16.7 Å². The molecule has 0 atom stereocenters. The molecule has 178 valence electrons. The zero-order valence-electron chi connectivity index (χ0n) is 19.1. The molecule has 1 amide bonds. The molecular weight excluding hydrogens is 518 g/mol. The summed E-state index contributed by atoms with van der Waals surface area (Å²) in [5.74, 6) is -0.604. The molecule has 0 radical (unpaired) electrons. The molecule has 0 unspecified atom stereocenters. The van der Waals surface area contributed by atoms with Crippen LogP contribution in [0.3, 0.4) is 0 Å². The molecule has 3 aromatic carbocycles. The molecule has 0 saturated carbocycles. The van der Waals surface area contributed by atoms with Crippen molar-refractivity contribution in [3.05, 3.63) is 93.0 Å². The first-order valence-corrected chi connectivity index (χ1v) is 12.7. The van der Waals surface area contributed by atoms with Gasteiger partial charge in [-0.1, -0.05) is 64.0 Å². The highest BCUT2D eigenvalue weighted by Crippen LogP contribution is 2.26. The van der Waals surface area contributed by atoms with E-state index in [1.165, 1.54) is 12.3 Å². The first-order valence-electron chi connectivity index (χ1n) is 10.5. The molecule has 3 rings (SSSR count). The van der Waals surface area contributed by atoms with Crippen molar-refractivity contribution in [2.24, 2.45) is 5.10 Å². The number of nitrogens with zero attached hydrogens (tertiary/aromatic N) is 2. The van der Waals surface area contributed by atoms with E-state index in [2.05, 4.69) is 26.5 Å². The predicted octanol–water partition coefficient (Wildman–Crippen LogP) is 4.42. The van der Waals surface area contributed by atoms with Crippen molar-refractivity contribution >= 4 is 38.1 Å². The summed E-state index contributed by atoms with van der Waals surface area (Å²) in [6, 6.07) is 17.5. The predicted molar refractivity (Wildman–Crippen MR) is 136 cm³/mol. The van der Waals surface area contributed by atoms with Crippen molar-refractivity contribution < 1.29 is 18.3 Å². The van der Waals surface area contributed by atoms with Crippen LogP contribution in [0.4, 0.5) is 0 Å². The Morgan fingerprint density at radius 2 is 1.71 bits per heavy atom. The van der Waals surface area contributed by atoms with Gasteiger partial charge in [-0.15, -0.1) is 0 Å². The Bertz CT molecular complexity index is 1300. The van der Waals surface area contributed by atoms with Crippen LogP contribution in [0.2, 0.25) is 0 Å². The number of aromatic hydroxyl groups is 1. The minimum atomic E-state index is -3.99. The standard InChI is InChI=1S/C25H26BrN3O4S/c1-17-11-18(2)25(19(3)12-17)34(32,33)29(15-20-7-5-4-6-8-20)16-24(31)28-27-14-21-13-22(26)9-10-23(21)30/h4-14,30H,15-16H2,1-3H3,(H,28,31)/b27-14-. The van der Waals surface area contributed by atoms with Crippen LogP contribution in [-0.4, -0.2) is 36.5 Å². The van der Waals surface area contributed by atoms with E-state index < -0.39 is 22.5 Å². The molecule has 0 bridgehead atoms. The van der Waals surface area contributed by atoms with E-state index in [9.17, 15) is 18.3 Å². The summed E-state index contributed by atoms with van der Waals surface area (Å²) in [6.07, 6.45) is 1.29. The van der Waals surface area contributed by atoms with Gasteiger partial charge in [-0.3, -0.25) is 4.79 Å². The number of phenols is 1. The van der Waals surface area contributed by atoms with Crippen molar-refractivity contribution in [3.63, 3.8) is 0 Å². The highest BCUT2D eigenvalue weighted by atomic mass is 79.9. The molecule has 7 nitrogen and oxygen atoms in total. The van der Waals surface area contributed by atoms with E-state index in [4.69, 9.17) is 0 Å². The fraction of sp³-hybridized carbons (Fsp3) is 0.200.